The van der Waals surface area contributed by atoms with Gasteiger partial charge in [0.15, 0.2) is 0 Å². The minimum Gasteiger partial charge on any atom is -0.306 e. The van der Waals surface area contributed by atoms with E-state index in [-0.39, 0.29) is 0 Å². The number of thiophene rings is 1. The molecule has 1 N–H and O–H groups in total. The summed E-state index contributed by atoms with van der Waals surface area (Å²) in [4.78, 5) is 1.48. The highest BCUT2D eigenvalue weighted by Gasteiger charge is 2.24. The van der Waals surface area contributed by atoms with Gasteiger partial charge in [-0.05, 0) is 49.6 Å². The van der Waals surface area contributed by atoms with Crippen molar-refractivity contribution in [2.45, 2.75) is 64.5 Å². The maximum absolute atomic E-state index is 3.92. The first kappa shape index (κ1) is 15.1. The number of fused-ring (bicyclic) bond motifs is 1. The van der Waals surface area contributed by atoms with Gasteiger partial charge in [0.25, 0.3) is 0 Å². The average Bonchev–Trinajstić information content (AvgIpc) is 2.97. The summed E-state index contributed by atoms with van der Waals surface area (Å²) in [5, 5.41) is 5.31. The quantitative estimate of drug-likeness (QED) is 0.723. The van der Waals surface area contributed by atoms with Gasteiger partial charge in [0.2, 0.25) is 0 Å². The van der Waals surface area contributed by atoms with Crippen LogP contribution in [0.15, 0.2) is 30.3 Å². The lowest BCUT2D eigenvalue weighted by Crippen LogP contribution is -2.38. The van der Waals surface area contributed by atoms with Crippen LogP contribution in [-0.2, 0) is 0 Å². The Balaban J connectivity index is 1.69. The fourth-order valence-corrected chi connectivity index (χ4v) is 4.82. The molecule has 21 heavy (non-hydrogen) atoms. The van der Waals surface area contributed by atoms with Crippen molar-refractivity contribution in [3.8, 4) is 0 Å². The number of nitrogens with one attached hydrogen (secondary N) is 1. The predicted octanol–water partition coefficient (Wildman–Crippen LogP) is 5.91. The van der Waals surface area contributed by atoms with Gasteiger partial charge in [-0.3, -0.25) is 0 Å². The van der Waals surface area contributed by atoms with E-state index < -0.39 is 0 Å². The Hall–Kier alpha value is -0.860. The minimum atomic E-state index is 0.467. The molecule has 0 amide bonds. The molecule has 1 aromatic carbocycles. The van der Waals surface area contributed by atoms with Gasteiger partial charge < -0.3 is 5.32 Å². The summed E-state index contributed by atoms with van der Waals surface area (Å²) < 4.78 is 1.41. The molecule has 2 atom stereocenters. The largest absolute Gasteiger partial charge is 0.306 e. The Kier molecular flexibility index (Phi) is 4.97. The van der Waals surface area contributed by atoms with Crippen molar-refractivity contribution in [3.63, 3.8) is 0 Å². The average molecular weight is 301 g/mol. The molecular formula is C19H27NS. The maximum Gasteiger partial charge on any atom is 0.0388 e. The highest BCUT2D eigenvalue weighted by molar-refractivity contribution is 7.19. The topological polar surface area (TPSA) is 12.0 Å². The Labute approximate surface area is 132 Å². The van der Waals surface area contributed by atoms with Crippen molar-refractivity contribution < 1.29 is 0 Å². The molecule has 0 spiro atoms. The van der Waals surface area contributed by atoms with Crippen LogP contribution in [0.2, 0.25) is 0 Å². The molecule has 2 unspecified atom stereocenters. The summed E-state index contributed by atoms with van der Waals surface area (Å²) in [6.07, 6.45) is 8.40. The standard InChI is InChI=1S/C19H27NS/c1-3-17(15-9-5-4-6-10-15)20-14(2)19-13-16-11-7-8-12-18(16)21-19/h7-8,11-15,17,20H,3-6,9-10H2,1-2H3. The van der Waals surface area contributed by atoms with Gasteiger partial charge >= 0.3 is 0 Å². The Morgan fingerprint density at radius 3 is 2.67 bits per heavy atom. The lowest BCUT2D eigenvalue weighted by atomic mass is 9.82. The molecule has 0 aliphatic heterocycles. The van der Waals surface area contributed by atoms with Crippen LogP contribution in [0, 0.1) is 5.92 Å². The molecule has 1 fully saturated rings. The van der Waals surface area contributed by atoms with E-state index in [0.29, 0.717) is 12.1 Å². The molecule has 1 aliphatic rings. The van der Waals surface area contributed by atoms with Crippen molar-refractivity contribution in [1.82, 2.24) is 5.32 Å². The Morgan fingerprint density at radius 2 is 1.95 bits per heavy atom. The first-order valence-electron chi connectivity index (χ1n) is 8.52. The summed E-state index contributed by atoms with van der Waals surface area (Å²) in [6, 6.07) is 12.2. The van der Waals surface area contributed by atoms with Crippen LogP contribution >= 0.6 is 11.3 Å². The molecule has 1 saturated carbocycles. The van der Waals surface area contributed by atoms with Crippen LogP contribution in [0.1, 0.15) is 63.3 Å². The Morgan fingerprint density at radius 1 is 1.19 bits per heavy atom. The van der Waals surface area contributed by atoms with Crippen LogP contribution in [0.5, 0.6) is 0 Å². The molecule has 1 aromatic heterocycles. The smallest absolute Gasteiger partial charge is 0.0388 e. The fourth-order valence-electron chi connectivity index (χ4n) is 3.74. The summed E-state index contributed by atoms with van der Waals surface area (Å²) in [5.41, 5.74) is 0. The van der Waals surface area contributed by atoms with Gasteiger partial charge in [0, 0.05) is 21.7 Å². The lowest BCUT2D eigenvalue weighted by Gasteiger charge is -2.32. The third kappa shape index (κ3) is 3.49. The van der Waals surface area contributed by atoms with E-state index in [9.17, 15) is 0 Å². The van der Waals surface area contributed by atoms with E-state index in [1.165, 1.54) is 53.5 Å². The second-order valence-electron chi connectivity index (χ2n) is 6.49. The molecule has 0 saturated heterocycles. The van der Waals surface area contributed by atoms with Crippen LogP contribution < -0.4 is 5.32 Å². The molecule has 1 nitrogen and oxygen atoms in total. The third-order valence-electron chi connectivity index (χ3n) is 4.99. The monoisotopic (exact) mass is 301 g/mol. The van der Waals surface area contributed by atoms with Crippen molar-refractivity contribution in [2.75, 3.05) is 0 Å². The van der Waals surface area contributed by atoms with Gasteiger partial charge in [0.05, 0.1) is 0 Å². The van der Waals surface area contributed by atoms with Gasteiger partial charge in [-0.15, -0.1) is 11.3 Å². The second kappa shape index (κ2) is 6.93. The van der Waals surface area contributed by atoms with Crippen LogP contribution in [-0.4, -0.2) is 6.04 Å². The highest BCUT2D eigenvalue weighted by Crippen LogP contribution is 2.32. The van der Waals surface area contributed by atoms with Crippen LogP contribution in [0.4, 0.5) is 0 Å². The molecule has 3 rings (SSSR count). The van der Waals surface area contributed by atoms with E-state index in [1.807, 2.05) is 11.3 Å². The first-order valence-corrected chi connectivity index (χ1v) is 9.34. The van der Waals surface area contributed by atoms with E-state index in [4.69, 9.17) is 0 Å². The molecule has 0 bridgehead atoms. The summed E-state index contributed by atoms with van der Waals surface area (Å²) >= 11 is 1.94. The lowest BCUT2D eigenvalue weighted by molar-refractivity contribution is 0.250. The van der Waals surface area contributed by atoms with Crippen LogP contribution in [0.3, 0.4) is 0 Å². The van der Waals surface area contributed by atoms with E-state index in [2.05, 4.69) is 49.5 Å². The number of benzene rings is 1. The van der Waals surface area contributed by atoms with Gasteiger partial charge in [-0.2, -0.15) is 0 Å². The number of rotatable bonds is 5. The molecule has 0 radical (unpaired) electrons. The van der Waals surface area contributed by atoms with Gasteiger partial charge in [0.1, 0.15) is 0 Å². The molecule has 2 heteroatoms. The molecule has 2 aromatic rings. The zero-order chi connectivity index (χ0) is 14.7. The summed E-state index contributed by atoms with van der Waals surface area (Å²) in [7, 11) is 0. The first-order chi connectivity index (χ1) is 10.3. The molecular weight excluding hydrogens is 274 g/mol. The zero-order valence-electron chi connectivity index (χ0n) is 13.3. The Bertz CT molecular complexity index is 535. The van der Waals surface area contributed by atoms with Crippen molar-refractivity contribution in [3.05, 3.63) is 35.2 Å². The fraction of sp³-hybridized carbons (Fsp3) is 0.579. The zero-order valence-corrected chi connectivity index (χ0v) is 14.1. The maximum atomic E-state index is 3.92. The van der Waals surface area contributed by atoms with Crippen molar-refractivity contribution in [2.24, 2.45) is 5.92 Å². The summed E-state index contributed by atoms with van der Waals surface area (Å²) in [5.74, 6) is 0.889. The van der Waals surface area contributed by atoms with E-state index in [0.717, 1.165) is 5.92 Å². The van der Waals surface area contributed by atoms with E-state index in [1.54, 1.807) is 0 Å². The van der Waals surface area contributed by atoms with E-state index >= 15 is 0 Å². The molecule has 1 heterocycles. The van der Waals surface area contributed by atoms with Crippen LogP contribution in [0.25, 0.3) is 10.1 Å². The van der Waals surface area contributed by atoms with Gasteiger partial charge in [-0.1, -0.05) is 44.4 Å². The predicted molar refractivity (Wildman–Crippen MR) is 94.0 cm³/mol. The molecule has 1 aliphatic carbocycles. The number of hydrogen-bond donors (Lipinski definition) is 1. The third-order valence-corrected chi connectivity index (χ3v) is 6.29. The minimum absolute atomic E-state index is 0.467. The van der Waals surface area contributed by atoms with Gasteiger partial charge in [-0.25, -0.2) is 0 Å². The highest BCUT2D eigenvalue weighted by atomic mass is 32.1. The number of hydrogen-bond acceptors (Lipinski definition) is 2. The van der Waals surface area contributed by atoms with Crippen molar-refractivity contribution >= 4 is 21.4 Å². The second-order valence-corrected chi connectivity index (χ2v) is 7.60. The summed E-state index contributed by atoms with van der Waals surface area (Å²) in [6.45, 7) is 4.67. The van der Waals surface area contributed by atoms with Crippen molar-refractivity contribution in [1.29, 1.82) is 0 Å². The SMILES string of the molecule is CCC(NC(C)c1cc2ccccc2s1)C1CCCCC1. The molecule has 114 valence electrons. The normalized spacial score (nSPS) is 19.7.